The molecule has 72 valence electrons. The third-order valence-electron chi connectivity index (χ3n) is 1.73. The van der Waals surface area contributed by atoms with E-state index in [0.717, 1.165) is 18.0 Å². The molecule has 0 aliphatic heterocycles. The first-order valence-corrected chi connectivity index (χ1v) is 4.42. The van der Waals surface area contributed by atoms with Crippen LogP contribution >= 0.6 is 0 Å². The number of ether oxygens (including phenoxy) is 2. The fourth-order valence-corrected chi connectivity index (χ4v) is 1.02. The van der Waals surface area contributed by atoms with E-state index in [0.29, 0.717) is 6.61 Å². The fraction of sp³-hybridized carbons (Fsp3) is 0.400. The number of benzene rings is 1. The van der Waals surface area contributed by atoms with E-state index in [1.54, 1.807) is 7.11 Å². The van der Waals surface area contributed by atoms with Crippen molar-refractivity contribution in [2.45, 2.75) is 0 Å². The normalized spacial score (nSPS) is 9.69. The second-order valence-corrected chi connectivity index (χ2v) is 2.70. The molecule has 0 bridgehead atoms. The van der Waals surface area contributed by atoms with Crippen molar-refractivity contribution >= 4 is 0 Å². The lowest BCUT2D eigenvalue weighted by Gasteiger charge is -2.08. The standard InChI is InChI=1S/C10H15NO2/c1-11-7-8-13-10-6-4-3-5-9(10)12-2/h3-6,11H,7-8H2,1-2H3/p+1. The summed E-state index contributed by atoms with van der Waals surface area (Å²) in [5.74, 6) is 1.60. The van der Waals surface area contributed by atoms with Crippen molar-refractivity contribution < 1.29 is 14.8 Å². The molecule has 3 nitrogen and oxygen atoms in total. The third kappa shape index (κ3) is 2.95. The Morgan fingerprint density at radius 2 is 1.92 bits per heavy atom. The van der Waals surface area contributed by atoms with Gasteiger partial charge >= 0.3 is 0 Å². The molecule has 0 heterocycles. The van der Waals surface area contributed by atoms with Crippen LogP contribution < -0.4 is 14.8 Å². The maximum atomic E-state index is 5.51. The summed E-state index contributed by atoms with van der Waals surface area (Å²) < 4.78 is 10.7. The van der Waals surface area contributed by atoms with Gasteiger partial charge in [-0.15, -0.1) is 0 Å². The van der Waals surface area contributed by atoms with Crippen LogP contribution in [-0.4, -0.2) is 27.3 Å². The van der Waals surface area contributed by atoms with Gasteiger partial charge in [-0.2, -0.15) is 0 Å². The molecule has 0 saturated heterocycles. The fourth-order valence-electron chi connectivity index (χ4n) is 1.02. The highest BCUT2D eigenvalue weighted by atomic mass is 16.5. The number of methoxy groups -OCH3 is 1. The molecule has 1 rings (SSSR count). The smallest absolute Gasteiger partial charge is 0.161 e. The van der Waals surface area contributed by atoms with Crippen molar-refractivity contribution in [2.75, 3.05) is 27.3 Å². The lowest BCUT2D eigenvalue weighted by atomic mass is 10.3. The van der Waals surface area contributed by atoms with Gasteiger partial charge in [0, 0.05) is 0 Å². The summed E-state index contributed by atoms with van der Waals surface area (Å²) in [7, 11) is 3.67. The van der Waals surface area contributed by atoms with Crippen LogP contribution in [0.3, 0.4) is 0 Å². The number of nitrogens with two attached hydrogens (primary N) is 1. The van der Waals surface area contributed by atoms with E-state index >= 15 is 0 Å². The van der Waals surface area contributed by atoms with Crippen molar-refractivity contribution in [3.63, 3.8) is 0 Å². The Kier molecular flexibility index (Phi) is 4.12. The van der Waals surface area contributed by atoms with E-state index < -0.39 is 0 Å². The van der Waals surface area contributed by atoms with Crippen molar-refractivity contribution in [1.29, 1.82) is 0 Å². The van der Waals surface area contributed by atoms with E-state index in [4.69, 9.17) is 9.47 Å². The first-order chi connectivity index (χ1) is 6.38. The summed E-state index contributed by atoms with van der Waals surface area (Å²) in [6.45, 7) is 1.66. The minimum atomic E-state index is 0.705. The van der Waals surface area contributed by atoms with Crippen molar-refractivity contribution in [3.8, 4) is 11.5 Å². The SMILES string of the molecule is C[NH2+]CCOc1ccccc1OC. The average Bonchev–Trinajstić information content (AvgIpc) is 2.19. The minimum Gasteiger partial charge on any atom is -0.493 e. The Balaban J connectivity index is 2.54. The summed E-state index contributed by atoms with van der Waals surface area (Å²) in [6, 6.07) is 7.67. The average molecular weight is 182 g/mol. The van der Waals surface area contributed by atoms with Crippen LogP contribution in [0.5, 0.6) is 11.5 Å². The Morgan fingerprint density at radius 3 is 2.54 bits per heavy atom. The van der Waals surface area contributed by atoms with Gasteiger partial charge in [0.25, 0.3) is 0 Å². The van der Waals surface area contributed by atoms with Gasteiger partial charge in [0.05, 0.1) is 14.2 Å². The molecule has 0 spiro atoms. The van der Waals surface area contributed by atoms with Crippen LogP contribution in [0.15, 0.2) is 24.3 Å². The first kappa shape index (κ1) is 9.86. The maximum Gasteiger partial charge on any atom is 0.161 e. The monoisotopic (exact) mass is 182 g/mol. The molecule has 0 aliphatic carbocycles. The Hall–Kier alpha value is -1.22. The number of hydrogen-bond donors (Lipinski definition) is 1. The van der Waals surface area contributed by atoms with Crippen molar-refractivity contribution in [3.05, 3.63) is 24.3 Å². The van der Waals surface area contributed by atoms with E-state index in [1.807, 2.05) is 31.3 Å². The molecule has 0 aliphatic rings. The quantitative estimate of drug-likeness (QED) is 0.663. The van der Waals surface area contributed by atoms with Gasteiger partial charge in [0.2, 0.25) is 0 Å². The van der Waals surface area contributed by atoms with Gasteiger partial charge in [-0.1, -0.05) is 12.1 Å². The zero-order valence-corrected chi connectivity index (χ0v) is 8.12. The predicted molar refractivity (Wildman–Crippen MR) is 51.2 cm³/mol. The number of likely N-dealkylation sites (N-methyl/N-ethyl adjacent to an activating group) is 1. The number of quaternary nitrogens is 1. The largest absolute Gasteiger partial charge is 0.493 e. The zero-order chi connectivity index (χ0) is 9.52. The highest BCUT2D eigenvalue weighted by Crippen LogP contribution is 2.25. The Morgan fingerprint density at radius 1 is 1.23 bits per heavy atom. The lowest BCUT2D eigenvalue weighted by molar-refractivity contribution is -0.627. The lowest BCUT2D eigenvalue weighted by Crippen LogP contribution is -2.80. The van der Waals surface area contributed by atoms with Crippen LogP contribution in [0.4, 0.5) is 0 Å². The molecule has 0 saturated carbocycles. The van der Waals surface area contributed by atoms with Gasteiger partial charge in [-0.05, 0) is 12.1 Å². The van der Waals surface area contributed by atoms with Gasteiger partial charge in [0.15, 0.2) is 11.5 Å². The molecule has 13 heavy (non-hydrogen) atoms. The van der Waals surface area contributed by atoms with E-state index in [-0.39, 0.29) is 0 Å². The van der Waals surface area contributed by atoms with Crippen LogP contribution in [-0.2, 0) is 0 Å². The molecule has 0 aromatic heterocycles. The summed E-state index contributed by atoms with van der Waals surface area (Å²) >= 11 is 0. The van der Waals surface area contributed by atoms with Gasteiger partial charge < -0.3 is 14.8 Å². The van der Waals surface area contributed by atoms with E-state index in [9.17, 15) is 0 Å². The molecule has 1 aromatic rings. The number of para-hydroxylation sites is 2. The number of rotatable bonds is 5. The second kappa shape index (κ2) is 5.43. The molecule has 2 N–H and O–H groups in total. The van der Waals surface area contributed by atoms with Crippen molar-refractivity contribution in [2.24, 2.45) is 0 Å². The van der Waals surface area contributed by atoms with Crippen LogP contribution in [0.2, 0.25) is 0 Å². The molecule has 0 unspecified atom stereocenters. The Bertz CT molecular complexity index is 250. The van der Waals surface area contributed by atoms with Gasteiger partial charge in [-0.25, -0.2) is 0 Å². The van der Waals surface area contributed by atoms with E-state index in [1.165, 1.54) is 0 Å². The van der Waals surface area contributed by atoms with Gasteiger partial charge in [-0.3, -0.25) is 0 Å². The predicted octanol–water partition coefficient (Wildman–Crippen LogP) is 0.267. The summed E-state index contributed by atoms with van der Waals surface area (Å²) in [6.07, 6.45) is 0. The first-order valence-electron chi connectivity index (χ1n) is 4.42. The molecular weight excluding hydrogens is 166 g/mol. The highest BCUT2D eigenvalue weighted by Gasteiger charge is 2.01. The summed E-state index contributed by atoms with van der Waals surface area (Å²) in [4.78, 5) is 0. The topological polar surface area (TPSA) is 35.1 Å². The molecule has 0 amide bonds. The second-order valence-electron chi connectivity index (χ2n) is 2.70. The minimum absolute atomic E-state index is 0.705. The molecule has 0 radical (unpaired) electrons. The summed E-state index contributed by atoms with van der Waals surface area (Å²) in [5.41, 5.74) is 0. The summed E-state index contributed by atoms with van der Waals surface area (Å²) in [5, 5.41) is 2.08. The molecule has 1 aromatic carbocycles. The highest BCUT2D eigenvalue weighted by molar-refractivity contribution is 5.39. The number of hydrogen-bond acceptors (Lipinski definition) is 2. The molecule has 3 heteroatoms. The van der Waals surface area contributed by atoms with Crippen LogP contribution in [0.25, 0.3) is 0 Å². The van der Waals surface area contributed by atoms with Crippen LogP contribution in [0.1, 0.15) is 0 Å². The maximum absolute atomic E-state index is 5.51. The van der Waals surface area contributed by atoms with Gasteiger partial charge in [0.1, 0.15) is 13.2 Å². The third-order valence-corrected chi connectivity index (χ3v) is 1.73. The van der Waals surface area contributed by atoms with Crippen LogP contribution in [0, 0.1) is 0 Å². The van der Waals surface area contributed by atoms with Crippen molar-refractivity contribution in [1.82, 2.24) is 0 Å². The molecular formula is C10H16NO2+. The van der Waals surface area contributed by atoms with E-state index in [2.05, 4.69) is 5.32 Å². The Labute approximate surface area is 78.7 Å². The zero-order valence-electron chi connectivity index (χ0n) is 8.12. The molecule has 0 fully saturated rings. The molecule has 0 atom stereocenters.